The number of aromatic nitrogens is 4. The normalized spacial score (nSPS) is 14.5. The molecule has 2 unspecified atom stereocenters. The van der Waals surface area contributed by atoms with Gasteiger partial charge in [-0.05, 0) is 12.3 Å². The number of carboxylic acids is 1. The maximum absolute atomic E-state index is 11.7. The van der Waals surface area contributed by atoms with Crippen LogP contribution in [0, 0.1) is 5.41 Å². The van der Waals surface area contributed by atoms with Crippen LogP contribution in [0.5, 0.6) is 0 Å². The molecular formula is C10H18N6O3. The molecule has 0 aliphatic carbocycles. The van der Waals surface area contributed by atoms with E-state index in [1.54, 1.807) is 27.7 Å². The Kier molecular flexibility index (Phi) is 4.41. The SMILES string of the molecule is CC(NC(=O)NC(C(=O)O)C(C)(C)C)c1nn[nH]n1. The van der Waals surface area contributed by atoms with E-state index in [0.29, 0.717) is 5.82 Å². The Labute approximate surface area is 110 Å². The molecule has 2 atom stereocenters. The van der Waals surface area contributed by atoms with E-state index in [4.69, 9.17) is 5.11 Å². The molecule has 0 radical (unpaired) electrons. The van der Waals surface area contributed by atoms with Gasteiger partial charge in [0.1, 0.15) is 6.04 Å². The molecule has 1 aromatic heterocycles. The van der Waals surface area contributed by atoms with Crippen molar-refractivity contribution in [2.75, 3.05) is 0 Å². The average Bonchev–Trinajstić information content (AvgIpc) is 2.77. The molecule has 0 aliphatic heterocycles. The van der Waals surface area contributed by atoms with Crippen LogP contribution in [0.4, 0.5) is 4.79 Å². The quantitative estimate of drug-likeness (QED) is 0.611. The number of carbonyl (C=O) groups is 2. The van der Waals surface area contributed by atoms with Crippen LogP contribution < -0.4 is 10.6 Å². The fraction of sp³-hybridized carbons (Fsp3) is 0.700. The monoisotopic (exact) mass is 270 g/mol. The van der Waals surface area contributed by atoms with E-state index < -0.39 is 29.5 Å². The van der Waals surface area contributed by atoms with Gasteiger partial charge in [-0.25, -0.2) is 9.59 Å². The Morgan fingerprint density at radius 3 is 2.37 bits per heavy atom. The second-order valence-electron chi connectivity index (χ2n) is 5.25. The molecule has 106 valence electrons. The third-order valence-corrected chi connectivity index (χ3v) is 2.49. The van der Waals surface area contributed by atoms with E-state index >= 15 is 0 Å². The number of aliphatic carboxylic acids is 1. The first kappa shape index (κ1) is 14.9. The first-order chi connectivity index (χ1) is 8.71. The molecule has 9 nitrogen and oxygen atoms in total. The van der Waals surface area contributed by atoms with E-state index in [9.17, 15) is 9.59 Å². The van der Waals surface area contributed by atoms with Crippen LogP contribution in [0.25, 0.3) is 0 Å². The minimum Gasteiger partial charge on any atom is -0.480 e. The van der Waals surface area contributed by atoms with Crippen molar-refractivity contribution < 1.29 is 14.7 Å². The molecule has 0 saturated heterocycles. The number of hydrogen-bond donors (Lipinski definition) is 4. The van der Waals surface area contributed by atoms with Gasteiger partial charge < -0.3 is 15.7 Å². The van der Waals surface area contributed by atoms with Crippen molar-refractivity contribution in [3.63, 3.8) is 0 Å². The summed E-state index contributed by atoms with van der Waals surface area (Å²) in [5.74, 6) is -0.771. The van der Waals surface area contributed by atoms with Crippen LogP contribution in [0.1, 0.15) is 39.6 Å². The molecule has 0 saturated carbocycles. The maximum atomic E-state index is 11.7. The third-order valence-electron chi connectivity index (χ3n) is 2.49. The Balaban J connectivity index is 2.61. The second kappa shape index (κ2) is 5.63. The first-order valence-electron chi connectivity index (χ1n) is 5.75. The molecule has 0 aromatic carbocycles. The highest BCUT2D eigenvalue weighted by Crippen LogP contribution is 2.19. The summed E-state index contributed by atoms with van der Waals surface area (Å²) in [4.78, 5) is 22.9. The number of rotatable bonds is 4. The zero-order chi connectivity index (χ0) is 14.6. The topological polar surface area (TPSA) is 133 Å². The van der Waals surface area contributed by atoms with E-state index in [1.807, 2.05) is 0 Å². The molecule has 1 heterocycles. The van der Waals surface area contributed by atoms with Gasteiger partial charge in [0.2, 0.25) is 0 Å². The maximum Gasteiger partial charge on any atom is 0.326 e. The number of H-pyrrole nitrogens is 1. The van der Waals surface area contributed by atoms with Crippen LogP contribution in [-0.2, 0) is 4.79 Å². The standard InChI is InChI=1S/C10H18N6O3/c1-5(7-13-15-16-14-7)11-9(19)12-6(8(17)18)10(2,3)4/h5-6H,1-4H3,(H,17,18)(H2,11,12,19)(H,13,14,15,16). The number of amides is 2. The van der Waals surface area contributed by atoms with Crippen molar-refractivity contribution in [3.05, 3.63) is 5.82 Å². The predicted octanol–water partition coefficient (Wildman–Crippen LogP) is 0.0592. The number of urea groups is 1. The summed E-state index contributed by atoms with van der Waals surface area (Å²) in [5.41, 5.74) is -0.599. The van der Waals surface area contributed by atoms with Crippen molar-refractivity contribution >= 4 is 12.0 Å². The van der Waals surface area contributed by atoms with Crippen molar-refractivity contribution in [2.24, 2.45) is 5.41 Å². The average molecular weight is 270 g/mol. The Morgan fingerprint density at radius 2 is 1.95 bits per heavy atom. The molecule has 1 aromatic rings. The molecule has 4 N–H and O–H groups in total. The fourth-order valence-corrected chi connectivity index (χ4v) is 1.44. The minimum absolute atomic E-state index is 0.317. The molecular weight excluding hydrogens is 252 g/mol. The van der Waals surface area contributed by atoms with Gasteiger partial charge in [0, 0.05) is 0 Å². The van der Waals surface area contributed by atoms with Crippen LogP contribution in [0.15, 0.2) is 0 Å². The number of carbonyl (C=O) groups excluding carboxylic acids is 1. The van der Waals surface area contributed by atoms with Crippen molar-refractivity contribution in [2.45, 2.75) is 39.8 Å². The lowest BCUT2D eigenvalue weighted by Crippen LogP contribution is -2.52. The molecule has 0 fully saturated rings. The van der Waals surface area contributed by atoms with Gasteiger partial charge in [0.25, 0.3) is 0 Å². The number of hydrogen-bond acceptors (Lipinski definition) is 5. The molecule has 1 rings (SSSR count). The van der Waals surface area contributed by atoms with Crippen LogP contribution >= 0.6 is 0 Å². The van der Waals surface area contributed by atoms with Crippen LogP contribution in [-0.4, -0.2) is 43.8 Å². The highest BCUT2D eigenvalue weighted by Gasteiger charge is 2.32. The summed E-state index contributed by atoms with van der Waals surface area (Å²) >= 11 is 0. The second-order valence-corrected chi connectivity index (χ2v) is 5.25. The minimum atomic E-state index is -1.09. The van der Waals surface area contributed by atoms with Gasteiger partial charge in [-0.2, -0.15) is 5.21 Å². The largest absolute Gasteiger partial charge is 0.480 e. The molecule has 19 heavy (non-hydrogen) atoms. The number of tetrazole rings is 1. The summed E-state index contributed by atoms with van der Waals surface area (Å²) in [6.45, 7) is 6.86. The van der Waals surface area contributed by atoms with Gasteiger partial charge in [0.05, 0.1) is 6.04 Å². The zero-order valence-corrected chi connectivity index (χ0v) is 11.3. The van der Waals surface area contributed by atoms with Crippen molar-refractivity contribution in [1.82, 2.24) is 31.3 Å². The Bertz CT molecular complexity index is 439. The lowest BCUT2D eigenvalue weighted by atomic mass is 9.87. The summed E-state index contributed by atoms with van der Waals surface area (Å²) in [6.07, 6.45) is 0. The van der Waals surface area contributed by atoms with Crippen LogP contribution in [0.3, 0.4) is 0 Å². The summed E-state index contributed by atoms with van der Waals surface area (Å²) in [7, 11) is 0. The van der Waals surface area contributed by atoms with Gasteiger partial charge in [-0.15, -0.1) is 10.2 Å². The summed E-state index contributed by atoms with van der Waals surface area (Å²) in [6, 6.07) is -2.07. The lowest BCUT2D eigenvalue weighted by Gasteiger charge is -2.28. The van der Waals surface area contributed by atoms with E-state index in [1.165, 1.54) is 0 Å². The molecule has 0 aliphatic rings. The summed E-state index contributed by atoms with van der Waals surface area (Å²) in [5, 5.41) is 27.1. The van der Waals surface area contributed by atoms with E-state index in [0.717, 1.165) is 0 Å². The lowest BCUT2D eigenvalue weighted by molar-refractivity contribution is -0.141. The van der Waals surface area contributed by atoms with E-state index in [-0.39, 0.29) is 0 Å². The highest BCUT2D eigenvalue weighted by molar-refractivity contribution is 5.83. The van der Waals surface area contributed by atoms with Gasteiger partial charge in [-0.1, -0.05) is 26.0 Å². The molecule has 0 bridgehead atoms. The molecule has 9 heteroatoms. The van der Waals surface area contributed by atoms with Crippen LogP contribution in [0.2, 0.25) is 0 Å². The fourth-order valence-electron chi connectivity index (χ4n) is 1.44. The number of nitrogens with one attached hydrogen (secondary N) is 3. The van der Waals surface area contributed by atoms with Crippen molar-refractivity contribution in [3.8, 4) is 0 Å². The summed E-state index contributed by atoms with van der Waals surface area (Å²) < 4.78 is 0. The van der Waals surface area contributed by atoms with Gasteiger partial charge in [-0.3, -0.25) is 0 Å². The van der Waals surface area contributed by atoms with E-state index in [2.05, 4.69) is 31.3 Å². The Hall–Kier alpha value is -2.19. The predicted molar refractivity (Wildman–Crippen MR) is 65.1 cm³/mol. The molecule has 2 amide bonds. The number of carboxylic acid groups (broad SMARTS) is 1. The van der Waals surface area contributed by atoms with Crippen molar-refractivity contribution in [1.29, 1.82) is 0 Å². The third kappa shape index (κ3) is 4.19. The van der Waals surface area contributed by atoms with Gasteiger partial charge in [0.15, 0.2) is 5.82 Å². The number of aromatic amines is 1. The molecule has 0 spiro atoms. The first-order valence-corrected chi connectivity index (χ1v) is 5.75. The Morgan fingerprint density at radius 1 is 1.32 bits per heavy atom. The van der Waals surface area contributed by atoms with Gasteiger partial charge >= 0.3 is 12.0 Å². The number of nitrogens with zero attached hydrogens (tertiary/aromatic N) is 3. The highest BCUT2D eigenvalue weighted by atomic mass is 16.4. The smallest absolute Gasteiger partial charge is 0.326 e. The zero-order valence-electron chi connectivity index (χ0n) is 11.3.